The number of aryl methyl sites for hydroxylation is 4. The van der Waals surface area contributed by atoms with E-state index >= 15 is 0 Å². The van der Waals surface area contributed by atoms with Gasteiger partial charge in [0.25, 0.3) is 0 Å². The van der Waals surface area contributed by atoms with Crippen molar-refractivity contribution in [1.29, 1.82) is 0 Å². The van der Waals surface area contributed by atoms with Gasteiger partial charge in [-0.25, -0.2) is 0 Å². The van der Waals surface area contributed by atoms with Gasteiger partial charge in [-0.15, -0.1) is 0 Å². The highest BCUT2D eigenvalue weighted by Gasteiger charge is 2.09. The molecule has 2 aromatic carbocycles. The molecule has 0 atom stereocenters. The molecule has 262 valence electrons. The summed E-state index contributed by atoms with van der Waals surface area (Å²) in [6, 6.07) is 14.3. The zero-order chi connectivity index (χ0) is 32.9. The van der Waals surface area contributed by atoms with Crippen LogP contribution in [0.4, 0.5) is 0 Å². The Labute approximate surface area is 289 Å². The van der Waals surface area contributed by atoms with Crippen LogP contribution < -0.4 is 0 Å². The Morgan fingerprint density at radius 3 is 0.739 bits per heavy atom. The second-order valence-electron chi connectivity index (χ2n) is 14.7. The van der Waals surface area contributed by atoms with E-state index in [1.54, 1.807) is 33.4 Å². The Morgan fingerprint density at radius 2 is 0.478 bits per heavy atom. The van der Waals surface area contributed by atoms with Gasteiger partial charge in [0.05, 0.1) is 0 Å². The van der Waals surface area contributed by atoms with Gasteiger partial charge in [0.15, 0.2) is 0 Å². The third-order valence-electron chi connectivity index (χ3n) is 10.5. The predicted molar refractivity (Wildman–Crippen MR) is 209 cm³/mol. The summed E-state index contributed by atoms with van der Waals surface area (Å²) < 4.78 is 0. The van der Waals surface area contributed by atoms with Crippen LogP contribution in [0.25, 0.3) is 0 Å². The van der Waals surface area contributed by atoms with Gasteiger partial charge in [0.1, 0.15) is 0 Å². The van der Waals surface area contributed by atoms with Crippen LogP contribution in [0.5, 0.6) is 0 Å². The second kappa shape index (κ2) is 28.5. The molecule has 2 rings (SSSR count). The van der Waals surface area contributed by atoms with Gasteiger partial charge < -0.3 is 0 Å². The van der Waals surface area contributed by atoms with E-state index in [1.807, 2.05) is 0 Å². The van der Waals surface area contributed by atoms with Crippen molar-refractivity contribution in [1.82, 2.24) is 0 Å². The summed E-state index contributed by atoms with van der Waals surface area (Å²) in [7, 11) is 0. The molecule has 46 heavy (non-hydrogen) atoms. The lowest BCUT2D eigenvalue weighted by molar-refractivity contribution is 0.527. The van der Waals surface area contributed by atoms with E-state index in [-0.39, 0.29) is 0 Å². The van der Waals surface area contributed by atoms with Crippen molar-refractivity contribution in [3.63, 3.8) is 0 Å². The van der Waals surface area contributed by atoms with Gasteiger partial charge in [-0.2, -0.15) is 0 Å². The van der Waals surface area contributed by atoms with Gasteiger partial charge in [-0.3, -0.25) is 0 Å². The van der Waals surface area contributed by atoms with Gasteiger partial charge >= 0.3 is 0 Å². The summed E-state index contributed by atoms with van der Waals surface area (Å²) in [6.07, 6.45) is 41.3. The van der Waals surface area contributed by atoms with Crippen molar-refractivity contribution >= 4 is 0 Å². The summed E-state index contributed by atoms with van der Waals surface area (Å²) in [4.78, 5) is 0. The van der Waals surface area contributed by atoms with Crippen molar-refractivity contribution in [2.24, 2.45) is 0 Å². The molecule has 0 heteroatoms. The first-order chi connectivity index (χ1) is 22.7. The Kier molecular flexibility index (Phi) is 25.1. The molecule has 0 aliphatic rings. The maximum Gasteiger partial charge on any atom is -0.0274 e. The van der Waals surface area contributed by atoms with Crippen molar-refractivity contribution in [2.75, 3.05) is 0 Å². The number of hydrogen-bond donors (Lipinski definition) is 0. The van der Waals surface area contributed by atoms with Crippen LogP contribution in [0.1, 0.15) is 215 Å². The molecule has 2 aromatic rings. The average Bonchev–Trinajstić information content (AvgIpc) is 3.08. The summed E-state index contributed by atoms with van der Waals surface area (Å²) in [6.45, 7) is 9.29. The molecule has 0 saturated carbocycles. The smallest absolute Gasteiger partial charge is 0.0274 e. The first-order valence-corrected chi connectivity index (χ1v) is 20.9. The standard InChI is InChI=1S/C46H78/c1-5-9-31-41-35-29-37-43(45(41)39-11-7-3)33-27-25-23-21-19-17-15-13-14-16-18-20-22-24-26-28-34-44-38-30-36-42(32-10-6-2)46(44)40-12-8-4/h29-30,35-38H,5-28,31-34,39-40H2,1-4H3. The molecule has 0 aliphatic heterocycles. The SMILES string of the molecule is CCCCc1cccc(CCCCCCCCCCCCCCCCCCc2cccc(CCCC)c2CCCC)c1CCCC. The van der Waals surface area contributed by atoms with E-state index < -0.39 is 0 Å². The van der Waals surface area contributed by atoms with Crippen LogP contribution in [0.15, 0.2) is 36.4 Å². The van der Waals surface area contributed by atoms with Crippen molar-refractivity contribution in [3.05, 3.63) is 69.8 Å². The molecule has 0 aliphatic carbocycles. The van der Waals surface area contributed by atoms with Crippen molar-refractivity contribution in [3.8, 4) is 0 Å². The largest absolute Gasteiger partial charge is 0.0654 e. The van der Waals surface area contributed by atoms with Crippen LogP contribution in [0.3, 0.4) is 0 Å². The molecular weight excluding hydrogens is 553 g/mol. The van der Waals surface area contributed by atoms with Crippen LogP contribution in [-0.2, 0) is 38.5 Å². The number of benzene rings is 2. The zero-order valence-electron chi connectivity index (χ0n) is 31.7. The van der Waals surface area contributed by atoms with E-state index in [0.717, 1.165) is 0 Å². The van der Waals surface area contributed by atoms with Crippen LogP contribution >= 0.6 is 0 Å². The molecule has 0 saturated heterocycles. The molecule has 0 spiro atoms. The molecule has 0 N–H and O–H groups in total. The van der Waals surface area contributed by atoms with Crippen molar-refractivity contribution in [2.45, 2.75) is 220 Å². The fourth-order valence-electron chi connectivity index (χ4n) is 7.50. The number of hydrogen-bond acceptors (Lipinski definition) is 0. The van der Waals surface area contributed by atoms with E-state index in [4.69, 9.17) is 0 Å². The monoisotopic (exact) mass is 631 g/mol. The highest BCUT2D eigenvalue weighted by atomic mass is 14.1. The third kappa shape index (κ3) is 18.1. The van der Waals surface area contributed by atoms with Crippen LogP contribution in [-0.4, -0.2) is 0 Å². The molecular formula is C46H78. The maximum atomic E-state index is 2.43. The highest BCUT2D eigenvalue weighted by molar-refractivity contribution is 5.37. The summed E-state index contributed by atoms with van der Waals surface area (Å²) in [5.74, 6) is 0. The van der Waals surface area contributed by atoms with Crippen LogP contribution in [0.2, 0.25) is 0 Å². The minimum atomic E-state index is 1.28. The number of rotatable bonds is 31. The van der Waals surface area contributed by atoms with Crippen molar-refractivity contribution < 1.29 is 0 Å². The lowest BCUT2D eigenvalue weighted by atomic mass is 9.91. The van der Waals surface area contributed by atoms with E-state index in [9.17, 15) is 0 Å². The highest BCUT2D eigenvalue weighted by Crippen LogP contribution is 2.24. The quantitative estimate of drug-likeness (QED) is 0.0727. The summed E-state index contributed by atoms with van der Waals surface area (Å²) in [5, 5.41) is 0. The average molecular weight is 631 g/mol. The topological polar surface area (TPSA) is 0 Å². The molecule has 0 nitrogen and oxygen atoms in total. The fourth-order valence-corrected chi connectivity index (χ4v) is 7.50. The minimum Gasteiger partial charge on any atom is -0.0654 e. The van der Waals surface area contributed by atoms with E-state index in [1.165, 1.54) is 193 Å². The molecule has 0 bridgehead atoms. The predicted octanol–water partition coefficient (Wildman–Crippen LogP) is 15.1. The lowest BCUT2D eigenvalue weighted by Gasteiger charge is -2.15. The van der Waals surface area contributed by atoms with Gasteiger partial charge in [-0.05, 0) is 110 Å². The molecule has 0 aromatic heterocycles. The number of unbranched alkanes of at least 4 members (excludes halogenated alkanes) is 19. The third-order valence-corrected chi connectivity index (χ3v) is 10.5. The zero-order valence-corrected chi connectivity index (χ0v) is 31.7. The maximum absolute atomic E-state index is 2.43. The fraction of sp³-hybridized carbons (Fsp3) is 0.739. The Hall–Kier alpha value is -1.56. The van der Waals surface area contributed by atoms with Gasteiger partial charge in [-0.1, -0.05) is 180 Å². The Morgan fingerprint density at radius 1 is 0.261 bits per heavy atom. The van der Waals surface area contributed by atoms with E-state index in [0.29, 0.717) is 0 Å². The molecule has 0 unspecified atom stereocenters. The second-order valence-corrected chi connectivity index (χ2v) is 14.7. The molecule has 0 fully saturated rings. The van der Waals surface area contributed by atoms with Gasteiger partial charge in [0, 0.05) is 0 Å². The lowest BCUT2D eigenvalue weighted by Crippen LogP contribution is -2.01. The van der Waals surface area contributed by atoms with Crippen LogP contribution in [0, 0.1) is 0 Å². The normalized spacial score (nSPS) is 11.5. The summed E-state index contributed by atoms with van der Waals surface area (Å²) in [5.41, 5.74) is 10.0. The first-order valence-electron chi connectivity index (χ1n) is 20.9. The summed E-state index contributed by atoms with van der Waals surface area (Å²) >= 11 is 0. The molecule has 0 amide bonds. The molecule has 0 radical (unpaired) electrons. The Balaban J connectivity index is 1.43. The molecule has 0 heterocycles. The van der Waals surface area contributed by atoms with Gasteiger partial charge in [0.2, 0.25) is 0 Å². The Bertz CT molecular complexity index is 888. The van der Waals surface area contributed by atoms with E-state index in [2.05, 4.69) is 64.1 Å². The first kappa shape index (κ1) is 40.6. The minimum absolute atomic E-state index is 1.28.